The second-order valence-corrected chi connectivity index (χ2v) is 4.58. The Morgan fingerprint density at radius 1 is 1.37 bits per heavy atom. The molecule has 0 fully saturated rings. The number of halogens is 3. The van der Waals surface area contributed by atoms with Crippen LogP contribution in [0.2, 0.25) is 0 Å². The Morgan fingerprint density at radius 2 is 1.93 bits per heavy atom. The van der Waals surface area contributed by atoms with Crippen LogP contribution in [-0.4, -0.2) is 48.3 Å². The first-order chi connectivity index (χ1) is 12.4. The predicted octanol–water partition coefficient (Wildman–Crippen LogP) is 1.26. The quantitative estimate of drug-likeness (QED) is 0.304. The van der Waals surface area contributed by atoms with Crippen molar-refractivity contribution in [2.45, 2.75) is 6.18 Å². The molecule has 0 heterocycles. The van der Waals surface area contributed by atoms with E-state index >= 15 is 0 Å². The van der Waals surface area contributed by atoms with E-state index in [2.05, 4.69) is 5.32 Å². The Labute approximate surface area is 150 Å². The van der Waals surface area contributed by atoms with Crippen molar-refractivity contribution in [1.82, 2.24) is 0 Å². The topological polar surface area (TPSA) is 171 Å². The van der Waals surface area contributed by atoms with Crippen LogP contribution >= 0.6 is 0 Å². The summed E-state index contributed by atoms with van der Waals surface area (Å²) in [4.78, 5) is 30.5. The SMILES string of the molecule is COc1cc(C(N)=O)cc([N+](=O)[O-])c1NC/C=C/CN.O=C(O)C(F)(F)F. The van der Waals surface area contributed by atoms with E-state index in [9.17, 15) is 28.1 Å². The molecule has 0 unspecified atom stereocenters. The number of carbonyl (C=O) groups excluding carboxylic acids is 1. The second kappa shape index (κ2) is 10.6. The molecule has 10 nitrogen and oxygen atoms in total. The normalized spacial score (nSPS) is 10.7. The molecule has 0 saturated heterocycles. The smallest absolute Gasteiger partial charge is 0.490 e. The fourth-order valence-corrected chi connectivity index (χ4v) is 1.57. The molecule has 1 rings (SSSR count). The molecule has 0 aromatic heterocycles. The summed E-state index contributed by atoms with van der Waals surface area (Å²) in [6.07, 6.45) is -1.64. The van der Waals surface area contributed by atoms with Crippen LogP contribution in [0.15, 0.2) is 24.3 Å². The number of hydrogen-bond acceptors (Lipinski definition) is 7. The van der Waals surface area contributed by atoms with Crippen LogP contribution in [0, 0.1) is 10.1 Å². The van der Waals surface area contributed by atoms with Crippen LogP contribution in [0.25, 0.3) is 0 Å². The summed E-state index contributed by atoms with van der Waals surface area (Å²) in [5.74, 6) is -3.34. The van der Waals surface area contributed by atoms with Crippen LogP contribution in [-0.2, 0) is 4.79 Å². The molecule has 0 saturated carbocycles. The molecule has 0 bridgehead atoms. The van der Waals surface area contributed by atoms with Gasteiger partial charge in [-0.15, -0.1) is 0 Å². The Kier molecular flexibility index (Phi) is 9.28. The number of benzene rings is 1. The van der Waals surface area contributed by atoms with Gasteiger partial charge in [0, 0.05) is 24.7 Å². The number of nitrogens with one attached hydrogen (secondary N) is 1. The number of amides is 1. The van der Waals surface area contributed by atoms with Gasteiger partial charge in [0.25, 0.3) is 5.69 Å². The van der Waals surface area contributed by atoms with Gasteiger partial charge in [0.2, 0.25) is 5.91 Å². The van der Waals surface area contributed by atoms with E-state index in [4.69, 9.17) is 26.1 Å². The van der Waals surface area contributed by atoms with Gasteiger partial charge in [-0.1, -0.05) is 12.2 Å². The molecule has 6 N–H and O–H groups in total. The first-order valence-corrected chi connectivity index (χ1v) is 7.00. The lowest BCUT2D eigenvalue weighted by Gasteiger charge is -2.11. The number of rotatable bonds is 7. The highest BCUT2D eigenvalue weighted by molar-refractivity contribution is 5.95. The lowest BCUT2D eigenvalue weighted by atomic mass is 10.1. The summed E-state index contributed by atoms with van der Waals surface area (Å²) in [7, 11) is 1.35. The number of nitrogens with zero attached hydrogens (tertiary/aromatic N) is 1. The maximum Gasteiger partial charge on any atom is 0.490 e. The third-order valence-electron chi connectivity index (χ3n) is 2.72. The summed E-state index contributed by atoms with van der Waals surface area (Å²) in [5, 5.41) is 21.1. The molecule has 0 atom stereocenters. The molecule has 0 spiro atoms. The Bertz CT molecular complexity index is 722. The van der Waals surface area contributed by atoms with Crippen LogP contribution in [0.5, 0.6) is 5.75 Å². The third-order valence-corrected chi connectivity index (χ3v) is 2.72. The molecule has 0 aliphatic carbocycles. The van der Waals surface area contributed by atoms with E-state index in [0.29, 0.717) is 13.1 Å². The number of carboxylic acid groups (broad SMARTS) is 1. The van der Waals surface area contributed by atoms with Gasteiger partial charge < -0.3 is 26.6 Å². The van der Waals surface area contributed by atoms with Crippen LogP contribution in [0.3, 0.4) is 0 Å². The number of carbonyl (C=O) groups is 2. The van der Waals surface area contributed by atoms with E-state index in [1.54, 1.807) is 12.2 Å². The maximum atomic E-state index is 11.2. The molecule has 27 heavy (non-hydrogen) atoms. The van der Waals surface area contributed by atoms with Gasteiger partial charge in [0.15, 0.2) is 5.69 Å². The molecular weight excluding hydrogens is 377 g/mol. The fraction of sp³-hybridized carbons (Fsp3) is 0.286. The molecule has 1 aromatic rings. The number of aliphatic carboxylic acids is 1. The Hall–Kier alpha value is -3.35. The van der Waals surface area contributed by atoms with Crippen molar-refractivity contribution in [3.63, 3.8) is 0 Å². The van der Waals surface area contributed by atoms with E-state index < -0.39 is 23.0 Å². The Balaban J connectivity index is 0.000000821. The highest BCUT2D eigenvalue weighted by Gasteiger charge is 2.38. The van der Waals surface area contributed by atoms with Crippen molar-refractivity contribution in [2.75, 3.05) is 25.5 Å². The first kappa shape index (κ1) is 23.6. The molecule has 0 aliphatic heterocycles. The minimum absolute atomic E-state index is 0.0107. The highest BCUT2D eigenvalue weighted by atomic mass is 19.4. The molecule has 1 aromatic carbocycles. The Morgan fingerprint density at radius 3 is 2.30 bits per heavy atom. The number of nitro groups is 1. The number of anilines is 1. The number of ether oxygens (including phenoxy) is 1. The predicted molar refractivity (Wildman–Crippen MR) is 88.5 cm³/mol. The number of carboxylic acids is 1. The second-order valence-electron chi connectivity index (χ2n) is 4.58. The van der Waals surface area contributed by atoms with Crippen LogP contribution in [0.4, 0.5) is 24.5 Å². The molecule has 0 radical (unpaired) electrons. The number of nitrogens with two attached hydrogens (primary N) is 2. The fourth-order valence-electron chi connectivity index (χ4n) is 1.57. The first-order valence-electron chi connectivity index (χ1n) is 7.00. The van der Waals surface area contributed by atoms with Gasteiger partial charge in [-0.2, -0.15) is 13.2 Å². The number of alkyl halides is 3. The zero-order valence-corrected chi connectivity index (χ0v) is 13.9. The average Bonchev–Trinajstić information content (AvgIpc) is 2.57. The van der Waals surface area contributed by atoms with Crippen molar-refractivity contribution in [3.05, 3.63) is 40.0 Å². The summed E-state index contributed by atoms with van der Waals surface area (Å²) >= 11 is 0. The van der Waals surface area contributed by atoms with Crippen molar-refractivity contribution >= 4 is 23.3 Å². The van der Waals surface area contributed by atoms with Gasteiger partial charge in [-0.3, -0.25) is 14.9 Å². The van der Waals surface area contributed by atoms with Crippen molar-refractivity contribution in [1.29, 1.82) is 0 Å². The summed E-state index contributed by atoms with van der Waals surface area (Å²) < 4.78 is 36.8. The van der Waals surface area contributed by atoms with Gasteiger partial charge in [-0.05, 0) is 6.07 Å². The van der Waals surface area contributed by atoms with Gasteiger partial charge >= 0.3 is 12.1 Å². The van der Waals surface area contributed by atoms with Gasteiger partial charge in [0.05, 0.1) is 12.0 Å². The van der Waals surface area contributed by atoms with Gasteiger partial charge in [0.1, 0.15) is 5.75 Å². The zero-order valence-electron chi connectivity index (χ0n) is 13.9. The molecule has 1 amide bonds. The number of hydrogen-bond donors (Lipinski definition) is 4. The van der Waals surface area contributed by atoms with Crippen molar-refractivity contribution in [3.8, 4) is 5.75 Å². The molecule has 13 heteroatoms. The lowest BCUT2D eigenvalue weighted by molar-refractivity contribution is -0.384. The number of methoxy groups -OCH3 is 1. The monoisotopic (exact) mass is 394 g/mol. The summed E-state index contributed by atoms with van der Waals surface area (Å²) in [5.41, 5.74) is 10.3. The summed E-state index contributed by atoms with van der Waals surface area (Å²) in [6.45, 7) is 0.714. The minimum Gasteiger partial charge on any atom is -0.494 e. The van der Waals surface area contributed by atoms with E-state index in [0.717, 1.165) is 6.07 Å². The van der Waals surface area contributed by atoms with Crippen LogP contribution in [0.1, 0.15) is 10.4 Å². The van der Waals surface area contributed by atoms with Crippen molar-refractivity contribution in [2.24, 2.45) is 11.5 Å². The molecule has 150 valence electrons. The third kappa shape index (κ3) is 8.04. The van der Waals surface area contributed by atoms with Crippen molar-refractivity contribution < 1.29 is 37.5 Å². The maximum absolute atomic E-state index is 11.2. The lowest BCUT2D eigenvalue weighted by Crippen LogP contribution is -2.21. The highest BCUT2D eigenvalue weighted by Crippen LogP contribution is 2.35. The van der Waals surface area contributed by atoms with Crippen LogP contribution < -0.4 is 21.5 Å². The zero-order chi connectivity index (χ0) is 21.2. The average molecular weight is 394 g/mol. The minimum atomic E-state index is -5.08. The largest absolute Gasteiger partial charge is 0.494 e. The summed E-state index contributed by atoms with van der Waals surface area (Å²) in [6, 6.07) is 2.46. The molecule has 0 aliphatic rings. The van der Waals surface area contributed by atoms with E-state index in [-0.39, 0.29) is 22.7 Å². The number of primary amides is 1. The molecular formula is C14H17F3N4O6. The van der Waals surface area contributed by atoms with E-state index in [1.165, 1.54) is 13.2 Å². The van der Waals surface area contributed by atoms with Gasteiger partial charge in [-0.25, -0.2) is 4.79 Å². The number of nitro benzene ring substituents is 1. The van der Waals surface area contributed by atoms with E-state index in [1.807, 2.05) is 0 Å². The standard InChI is InChI=1S/C12H16N4O4.C2HF3O2/c1-20-10-7-8(12(14)17)6-9(16(18)19)11(10)15-5-3-2-4-13;3-2(4,5)1(6)7/h2-3,6-7,15H,4-5,13H2,1H3,(H2,14,17);(H,6,7)/b3-2+;.